The Labute approximate surface area is 207 Å². The second-order valence-electron chi connectivity index (χ2n) is 11.2. The number of fused-ring (bicyclic) bond motifs is 2. The van der Waals surface area contributed by atoms with Crippen LogP contribution in [0.15, 0.2) is 48.5 Å². The summed E-state index contributed by atoms with van der Waals surface area (Å²) in [5.41, 5.74) is 6.16. The normalized spacial score (nSPS) is 25.0. The summed E-state index contributed by atoms with van der Waals surface area (Å²) in [5.74, 6) is 0.596. The lowest BCUT2D eigenvalue weighted by Crippen LogP contribution is -2.47. The van der Waals surface area contributed by atoms with Crippen molar-refractivity contribution in [2.24, 2.45) is 16.7 Å². The van der Waals surface area contributed by atoms with Gasteiger partial charge >= 0.3 is 0 Å². The van der Waals surface area contributed by atoms with Crippen molar-refractivity contribution in [1.82, 2.24) is 15.1 Å². The summed E-state index contributed by atoms with van der Waals surface area (Å²) in [6.45, 7) is 11.8. The second kappa shape index (κ2) is 8.27. The van der Waals surface area contributed by atoms with Crippen LogP contribution in [0.3, 0.4) is 0 Å². The third-order valence-corrected chi connectivity index (χ3v) is 9.44. The van der Waals surface area contributed by atoms with E-state index in [9.17, 15) is 4.79 Å². The van der Waals surface area contributed by atoms with Gasteiger partial charge in [-0.05, 0) is 79.2 Å². The number of nitrogens with zero attached hydrogens (tertiary/aromatic N) is 2. The minimum absolute atomic E-state index is 0.0795. The number of benzene rings is 2. The maximum atomic E-state index is 13.4. The van der Waals surface area contributed by atoms with Crippen molar-refractivity contribution in [2.75, 3.05) is 0 Å². The Morgan fingerprint density at radius 3 is 2.47 bits per heavy atom. The Morgan fingerprint density at radius 2 is 1.85 bits per heavy atom. The van der Waals surface area contributed by atoms with Crippen LogP contribution in [-0.4, -0.2) is 21.7 Å². The van der Waals surface area contributed by atoms with Crippen LogP contribution in [0.2, 0.25) is 5.02 Å². The van der Waals surface area contributed by atoms with E-state index in [2.05, 4.69) is 63.3 Å². The number of hydrogen-bond donors (Lipinski definition) is 1. The first-order valence-corrected chi connectivity index (χ1v) is 12.7. The Hall–Kier alpha value is -2.59. The fourth-order valence-electron chi connectivity index (χ4n) is 6.21. The molecule has 5 heteroatoms. The SMILES string of the molecule is Cc1ccc(Cn2nc(C(=O)N[C@@H]3C[C@@H]4CC[C@@]3(C)C4(C)C)cc2-c2ccc(Cl)c(C)c2)cc1. The molecule has 0 saturated heterocycles. The van der Waals surface area contributed by atoms with E-state index < -0.39 is 0 Å². The summed E-state index contributed by atoms with van der Waals surface area (Å²) < 4.78 is 1.94. The van der Waals surface area contributed by atoms with Crippen LogP contribution in [0.1, 0.15) is 67.2 Å². The first-order chi connectivity index (χ1) is 16.1. The minimum Gasteiger partial charge on any atom is -0.347 e. The fourth-order valence-corrected chi connectivity index (χ4v) is 6.32. The number of nitrogens with one attached hydrogen (secondary N) is 1. The molecule has 1 N–H and O–H groups in total. The molecule has 0 radical (unpaired) electrons. The number of carbonyl (C=O) groups excluding carboxylic acids is 1. The Morgan fingerprint density at radius 1 is 1.12 bits per heavy atom. The average Bonchev–Trinajstić information content (AvgIpc) is 3.37. The molecule has 2 bridgehead atoms. The van der Waals surface area contributed by atoms with E-state index in [0.717, 1.165) is 33.8 Å². The second-order valence-corrected chi connectivity index (χ2v) is 11.6. The summed E-state index contributed by atoms with van der Waals surface area (Å²) in [6.07, 6.45) is 3.50. The molecule has 5 rings (SSSR count). The van der Waals surface area contributed by atoms with Crippen LogP contribution in [0.25, 0.3) is 11.3 Å². The van der Waals surface area contributed by atoms with Crippen LogP contribution in [0.5, 0.6) is 0 Å². The van der Waals surface area contributed by atoms with E-state index in [1.807, 2.05) is 29.8 Å². The predicted octanol–water partition coefficient (Wildman–Crippen LogP) is 6.81. The van der Waals surface area contributed by atoms with E-state index in [-0.39, 0.29) is 22.8 Å². The van der Waals surface area contributed by atoms with Crippen LogP contribution in [0, 0.1) is 30.6 Å². The first-order valence-electron chi connectivity index (χ1n) is 12.3. The number of halogens is 1. The van der Waals surface area contributed by atoms with Crippen molar-refractivity contribution in [2.45, 2.75) is 66.5 Å². The van der Waals surface area contributed by atoms with Crippen molar-refractivity contribution in [3.05, 3.63) is 75.9 Å². The molecule has 0 unspecified atom stereocenters. The summed E-state index contributed by atoms with van der Waals surface area (Å²) >= 11 is 6.28. The van der Waals surface area contributed by atoms with Gasteiger partial charge in [0.05, 0.1) is 12.2 Å². The summed E-state index contributed by atoms with van der Waals surface area (Å²) in [5, 5.41) is 8.90. The smallest absolute Gasteiger partial charge is 0.272 e. The quantitative estimate of drug-likeness (QED) is 0.440. The van der Waals surface area contributed by atoms with Gasteiger partial charge < -0.3 is 5.32 Å². The molecule has 1 aromatic heterocycles. The number of hydrogen-bond acceptors (Lipinski definition) is 2. The van der Waals surface area contributed by atoms with Gasteiger partial charge in [0.1, 0.15) is 0 Å². The maximum Gasteiger partial charge on any atom is 0.272 e. The number of aromatic nitrogens is 2. The van der Waals surface area contributed by atoms with Gasteiger partial charge in [0, 0.05) is 16.6 Å². The summed E-state index contributed by atoms with van der Waals surface area (Å²) in [7, 11) is 0. The molecule has 178 valence electrons. The zero-order valence-corrected chi connectivity index (χ0v) is 21.5. The first kappa shape index (κ1) is 23.2. The molecule has 4 nitrogen and oxygen atoms in total. The monoisotopic (exact) mass is 475 g/mol. The van der Waals surface area contributed by atoms with Crippen molar-refractivity contribution >= 4 is 17.5 Å². The number of rotatable bonds is 5. The van der Waals surface area contributed by atoms with Crippen molar-refractivity contribution in [3.63, 3.8) is 0 Å². The Kier molecular flexibility index (Phi) is 5.63. The fraction of sp³-hybridized carbons (Fsp3) is 0.448. The van der Waals surface area contributed by atoms with Gasteiger partial charge in [-0.3, -0.25) is 9.48 Å². The van der Waals surface area contributed by atoms with Crippen LogP contribution in [-0.2, 0) is 6.54 Å². The van der Waals surface area contributed by atoms with Crippen molar-refractivity contribution in [1.29, 1.82) is 0 Å². The highest BCUT2D eigenvalue weighted by molar-refractivity contribution is 6.31. The number of aryl methyl sites for hydroxylation is 2. The largest absolute Gasteiger partial charge is 0.347 e. The molecule has 2 saturated carbocycles. The van der Waals surface area contributed by atoms with Crippen LogP contribution < -0.4 is 5.32 Å². The molecule has 2 aliphatic rings. The van der Waals surface area contributed by atoms with Gasteiger partial charge in [-0.15, -0.1) is 0 Å². The lowest BCUT2D eigenvalue weighted by Gasteiger charge is -2.39. The number of carbonyl (C=O) groups is 1. The molecule has 1 heterocycles. The van der Waals surface area contributed by atoms with Gasteiger partial charge in [-0.1, -0.05) is 68.3 Å². The van der Waals surface area contributed by atoms with E-state index in [0.29, 0.717) is 18.2 Å². The Balaban J connectivity index is 1.46. The zero-order valence-electron chi connectivity index (χ0n) is 20.8. The highest BCUT2D eigenvalue weighted by Gasteiger charge is 2.61. The summed E-state index contributed by atoms with van der Waals surface area (Å²) in [6, 6.07) is 16.5. The van der Waals surface area contributed by atoms with Gasteiger partial charge in [0.15, 0.2) is 5.69 Å². The third-order valence-electron chi connectivity index (χ3n) is 9.02. The maximum absolute atomic E-state index is 13.4. The molecule has 1 amide bonds. The van der Waals surface area contributed by atoms with Crippen molar-refractivity contribution in [3.8, 4) is 11.3 Å². The molecule has 2 aromatic carbocycles. The van der Waals surface area contributed by atoms with E-state index in [1.165, 1.54) is 18.4 Å². The molecule has 3 aromatic rings. The summed E-state index contributed by atoms with van der Waals surface area (Å²) in [4.78, 5) is 13.4. The van der Waals surface area contributed by atoms with E-state index >= 15 is 0 Å². The average molecular weight is 476 g/mol. The van der Waals surface area contributed by atoms with Gasteiger partial charge in [-0.2, -0.15) is 5.10 Å². The standard InChI is InChI=1S/C29H34ClN3O/c1-18-6-8-20(9-7-18)17-33-25(21-10-11-23(30)19(2)14-21)16-24(32-33)27(34)31-26-15-22-12-13-29(26,5)28(22,3)4/h6-11,14,16,22,26H,12-13,15,17H2,1-5H3,(H,31,34)/t22-,26+,29+/m0/s1. The third kappa shape index (κ3) is 3.76. The van der Waals surface area contributed by atoms with E-state index in [4.69, 9.17) is 16.7 Å². The molecule has 0 spiro atoms. The molecule has 0 aliphatic heterocycles. The van der Waals surface area contributed by atoms with Crippen molar-refractivity contribution < 1.29 is 4.79 Å². The van der Waals surface area contributed by atoms with Gasteiger partial charge in [-0.25, -0.2) is 0 Å². The molecule has 34 heavy (non-hydrogen) atoms. The van der Waals surface area contributed by atoms with Gasteiger partial charge in [0.2, 0.25) is 0 Å². The highest BCUT2D eigenvalue weighted by Crippen LogP contribution is 2.65. The molecular formula is C29H34ClN3O. The molecular weight excluding hydrogens is 442 g/mol. The number of amides is 1. The lowest BCUT2D eigenvalue weighted by molar-refractivity contribution is 0.0821. The van der Waals surface area contributed by atoms with Crippen LogP contribution >= 0.6 is 11.6 Å². The zero-order chi connectivity index (χ0) is 24.3. The Bertz CT molecular complexity index is 1240. The van der Waals surface area contributed by atoms with Crippen LogP contribution in [0.4, 0.5) is 0 Å². The molecule has 2 fully saturated rings. The molecule has 2 aliphatic carbocycles. The van der Waals surface area contributed by atoms with Gasteiger partial charge in [0.25, 0.3) is 5.91 Å². The molecule has 3 atom stereocenters. The predicted molar refractivity (Wildman–Crippen MR) is 138 cm³/mol. The van der Waals surface area contributed by atoms with E-state index in [1.54, 1.807) is 0 Å². The highest BCUT2D eigenvalue weighted by atomic mass is 35.5. The minimum atomic E-state index is -0.0795. The topological polar surface area (TPSA) is 46.9 Å². The lowest BCUT2D eigenvalue weighted by atomic mass is 9.69.